The third-order valence-electron chi connectivity index (χ3n) is 1.74. The van der Waals surface area contributed by atoms with Gasteiger partial charge in [-0.1, -0.05) is 18.2 Å². The second kappa shape index (κ2) is 4.84. The van der Waals surface area contributed by atoms with Gasteiger partial charge in [0, 0.05) is 11.6 Å². The van der Waals surface area contributed by atoms with Crippen LogP contribution in [0, 0.1) is 0 Å². The van der Waals surface area contributed by atoms with Crippen molar-refractivity contribution >= 4 is 12.0 Å². The zero-order chi connectivity index (χ0) is 12.2. The zero-order valence-corrected chi connectivity index (χ0v) is 9.73. The predicted molar refractivity (Wildman–Crippen MR) is 63.0 cm³/mol. The van der Waals surface area contributed by atoms with E-state index in [1.165, 1.54) is 12.2 Å². The molecule has 0 bridgehead atoms. The number of hydrogen-bond donors (Lipinski definition) is 1. The van der Waals surface area contributed by atoms with Gasteiger partial charge in [-0.15, -0.1) is 0 Å². The van der Waals surface area contributed by atoms with Gasteiger partial charge >= 0.3 is 5.97 Å². The summed E-state index contributed by atoms with van der Waals surface area (Å²) in [6.07, 6.45) is 2.84. The van der Waals surface area contributed by atoms with Crippen LogP contribution < -0.4 is 0 Å². The van der Waals surface area contributed by atoms with E-state index in [-0.39, 0.29) is 5.75 Å². The predicted octanol–water partition coefficient (Wildman–Crippen LogP) is 2.75. The van der Waals surface area contributed by atoms with Crippen molar-refractivity contribution in [2.24, 2.45) is 0 Å². The number of para-hydroxylation sites is 1. The minimum atomic E-state index is -0.500. The number of carbonyl (C=O) groups is 1. The first-order valence-electron chi connectivity index (χ1n) is 5.07. The molecule has 16 heavy (non-hydrogen) atoms. The lowest BCUT2D eigenvalue weighted by atomic mass is 10.2. The fraction of sp³-hybridized carbons (Fsp3) is 0.308. The van der Waals surface area contributed by atoms with Gasteiger partial charge in [-0.25, -0.2) is 4.79 Å². The van der Waals surface area contributed by atoms with Crippen molar-refractivity contribution in [3.63, 3.8) is 0 Å². The maximum absolute atomic E-state index is 11.4. The summed E-state index contributed by atoms with van der Waals surface area (Å²) in [5.74, 6) is -0.280. The number of phenols is 1. The van der Waals surface area contributed by atoms with Gasteiger partial charge in [-0.3, -0.25) is 0 Å². The molecule has 0 aliphatic carbocycles. The Labute approximate surface area is 95.4 Å². The molecule has 86 valence electrons. The molecule has 0 spiro atoms. The van der Waals surface area contributed by atoms with E-state index in [1.807, 2.05) is 0 Å². The molecule has 0 unspecified atom stereocenters. The lowest BCUT2D eigenvalue weighted by Crippen LogP contribution is -2.22. The molecular weight excluding hydrogens is 204 g/mol. The molecule has 0 saturated heterocycles. The van der Waals surface area contributed by atoms with Crippen molar-refractivity contribution in [1.82, 2.24) is 0 Å². The third kappa shape index (κ3) is 4.17. The van der Waals surface area contributed by atoms with E-state index in [9.17, 15) is 9.90 Å². The molecule has 1 rings (SSSR count). The molecule has 1 aromatic carbocycles. The SMILES string of the molecule is CC(C)(C)OC(=O)/C=C\c1ccccc1O. The van der Waals surface area contributed by atoms with Crippen LogP contribution in [-0.4, -0.2) is 16.7 Å². The first kappa shape index (κ1) is 12.3. The molecule has 0 atom stereocenters. The van der Waals surface area contributed by atoms with E-state index >= 15 is 0 Å². The first-order chi connectivity index (χ1) is 7.38. The van der Waals surface area contributed by atoms with Gasteiger partial charge in [-0.05, 0) is 32.9 Å². The number of rotatable bonds is 2. The van der Waals surface area contributed by atoms with Crippen molar-refractivity contribution < 1.29 is 14.6 Å². The molecule has 0 aromatic heterocycles. The Balaban J connectivity index is 2.68. The van der Waals surface area contributed by atoms with Crippen molar-refractivity contribution in [3.8, 4) is 5.75 Å². The summed E-state index contributed by atoms with van der Waals surface area (Å²) >= 11 is 0. The molecule has 0 amide bonds. The van der Waals surface area contributed by atoms with Crippen LogP contribution in [0.4, 0.5) is 0 Å². The topological polar surface area (TPSA) is 46.5 Å². The van der Waals surface area contributed by atoms with Crippen molar-refractivity contribution in [3.05, 3.63) is 35.9 Å². The zero-order valence-electron chi connectivity index (χ0n) is 9.73. The van der Waals surface area contributed by atoms with E-state index in [0.29, 0.717) is 5.56 Å². The van der Waals surface area contributed by atoms with Gasteiger partial charge in [-0.2, -0.15) is 0 Å². The number of phenolic OH excluding ortho intramolecular Hbond substituents is 1. The minimum absolute atomic E-state index is 0.141. The summed E-state index contributed by atoms with van der Waals surface area (Å²) in [6, 6.07) is 6.79. The molecule has 0 saturated carbocycles. The molecule has 1 N–H and O–H groups in total. The van der Waals surface area contributed by atoms with Crippen LogP contribution in [0.15, 0.2) is 30.3 Å². The Morgan fingerprint density at radius 2 is 1.94 bits per heavy atom. The van der Waals surface area contributed by atoms with Gasteiger partial charge < -0.3 is 9.84 Å². The lowest BCUT2D eigenvalue weighted by Gasteiger charge is -2.17. The molecule has 0 fully saturated rings. The molecule has 3 nitrogen and oxygen atoms in total. The summed E-state index contributed by atoms with van der Waals surface area (Å²) in [7, 11) is 0. The van der Waals surface area contributed by atoms with Crippen molar-refractivity contribution in [1.29, 1.82) is 0 Å². The fourth-order valence-corrected chi connectivity index (χ4v) is 1.12. The maximum Gasteiger partial charge on any atom is 0.331 e. The fourth-order valence-electron chi connectivity index (χ4n) is 1.12. The standard InChI is InChI=1S/C13H16O3/c1-13(2,3)16-12(15)9-8-10-6-4-5-7-11(10)14/h4-9,14H,1-3H3/b9-8-. The van der Waals surface area contributed by atoms with E-state index in [2.05, 4.69) is 0 Å². The second-order valence-corrected chi connectivity index (χ2v) is 4.43. The molecule has 0 radical (unpaired) electrons. The summed E-state index contributed by atoms with van der Waals surface area (Å²) in [4.78, 5) is 11.4. The van der Waals surface area contributed by atoms with E-state index in [4.69, 9.17) is 4.74 Å². The molecule has 0 aliphatic heterocycles. The van der Waals surface area contributed by atoms with Crippen LogP contribution >= 0.6 is 0 Å². The average molecular weight is 220 g/mol. The summed E-state index contributed by atoms with van der Waals surface area (Å²) in [6.45, 7) is 5.41. The number of carbonyl (C=O) groups excluding carboxylic acids is 1. The third-order valence-corrected chi connectivity index (χ3v) is 1.74. The number of aromatic hydroxyl groups is 1. The molecule has 1 aromatic rings. The van der Waals surface area contributed by atoms with Gasteiger partial charge in [0.25, 0.3) is 0 Å². The summed E-state index contributed by atoms with van der Waals surface area (Å²) in [5.41, 5.74) is 0.0912. The average Bonchev–Trinajstić information content (AvgIpc) is 2.14. The Hall–Kier alpha value is -1.77. The van der Waals surface area contributed by atoms with Gasteiger partial charge in [0.15, 0.2) is 0 Å². The quantitative estimate of drug-likeness (QED) is 0.615. The number of benzene rings is 1. The second-order valence-electron chi connectivity index (χ2n) is 4.43. The van der Waals surface area contributed by atoms with Crippen molar-refractivity contribution in [2.45, 2.75) is 26.4 Å². The molecular formula is C13H16O3. The van der Waals surface area contributed by atoms with Crippen LogP contribution in [-0.2, 0) is 9.53 Å². The van der Waals surface area contributed by atoms with Crippen LogP contribution in [0.5, 0.6) is 5.75 Å². The number of ether oxygens (including phenoxy) is 1. The summed E-state index contributed by atoms with van der Waals surface area (Å²) < 4.78 is 5.09. The first-order valence-corrected chi connectivity index (χ1v) is 5.07. The molecule has 3 heteroatoms. The Bertz CT molecular complexity index is 400. The highest BCUT2D eigenvalue weighted by atomic mass is 16.6. The largest absolute Gasteiger partial charge is 0.507 e. The smallest absolute Gasteiger partial charge is 0.331 e. The minimum Gasteiger partial charge on any atom is -0.507 e. The number of hydrogen-bond acceptors (Lipinski definition) is 3. The van der Waals surface area contributed by atoms with E-state index in [0.717, 1.165) is 0 Å². The maximum atomic E-state index is 11.4. The van der Waals surface area contributed by atoms with E-state index in [1.54, 1.807) is 45.0 Å². The highest BCUT2D eigenvalue weighted by molar-refractivity contribution is 5.87. The Morgan fingerprint density at radius 3 is 2.50 bits per heavy atom. The highest BCUT2D eigenvalue weighted by Crippen LogP contribution is 2.17. The van der Waals surface area contributed by atoms with Gasteiger partial charge in [0.05, 0.1) is 0 Å². The van der Waals surface area contributed by atoms with Crippen LogP contribution in [0.2, 0.25) is 0 Å². The van der Waals surface area contributed by atoms with Crippen LogP contribution in [0.25, 0.3) is 6.08 Å². The molecule has 0 heterocycles. The normalized spacial score (nSPS) is 11.7. The Morgan fingerprint density at radius 1 is 1.31 bits per heavy atom. The van der Waals surface area contributed by atoms with Crippen molar-refractivity contribution in [2.75, 3.05) is 0 Å². The monoisotopic (exact) mass is 220 g/mol. The summed E-state index contributed by atoms with van der Waals surface area (Å²) in [5, 5.41) is 9.45. The lowest BCUT2D eigenvalue weighted by molar-refractivity contribution is -0.148. The van der Waals surface area contributed by atoms with Crippen LogP contribution in [0.3, 0.4) is 0 Å². The van der Waals surface area contributed by atoms with Gasteiger partial charge in [0.1, 0.15) is 11.4 Å². The van der Waals surface area contributed by atoms with Gasteiger partial charge in [0.2, 0.25) is 0 Å². The van der Waals surface area contributed by atoms with Crippen LogP contribution in [0.1, 0.15) is 26.3 Å². The Kier molecular flexibility index (Phi) is 3.72. The number of esters is 1. The molecule has 0 aliphatic rings. The highest BCUT2D eigenvalue weighted by Gasteiger charge is 2.13. The van der Waals surface area contributed by atoms with E-state index < -0.39 is 11.6 Å².